The molecule has 0 atom stereocenters. The monoisotopic (exact) mass is 360 g/mol. The van der Waals surface area contributed by atoms with Gasteiger partial charge in [0.25, 0.3) is 5.69 Å². The predicted octanol–water partition coefficient (Wildman–Crippen LogP) is 3.91. The number of nitro groups is 1. The van der Waals surface area contributed by atoms with Crippen molar-refractivity contribution in [3.8, 4) is 0 Å². The van der Waals surface area contributed by atoms with Crippen LogP contribution in [0.25, 0.3) is 0 Å². The second kappa shape index (κ2) is 6.85. The van der Waals surface area contributed by atoms with Gasteiger partial charge in [0.2, 0.25) is 0 Å². The van der Waals surface area contributed by atoms with Gasteiger partial charge in [-0.25, -0.2) is 0 Å². The number of hydrogen-bond donors (Lipinski definition) is 1. The van der Waals surface area contributed by atoms with Crippen LogP contribution in [0.4, 0.5) is 11.4 Å². The summed E-state index contributed by atoms with van der Waals surface area (Å²) in [6.45, 7) is 7.98. The summed E-state index contributed by atoms with van der Waals surface area (Å²) in [6.07, 6.45) is 6.51. The van der Waals surface area contributed by atoms with Crippen molar-refractivity contribution < 1.29 is 14.2 Å². The molecule has 1 aliphatic carbocycles. The Labute approximate surface area is 155 Å². The largest absolute Gasteiger partial charge is 0.494 e. The molecule has 0 spiro atoms. The third-order valence-corrected chi connectivity index (χ3v) is 6.19. The molecule has 2 N–H and O–H groups in total. The van der Waals surface area contributed by atoms with Crippen LogP contribution in [0.5, 0.6) is 0 Å². The van der Waals surface area contributed by atoms with Crippen molar-refractivity contribution in [2.24, 2.45) is 0 Å². The van der Waals surface area contributed by atoms with Crippen molar-refractivity contribution in [1.82, 2.24) is 0 Å². The van der Waals surface area contributed by atoms with Crippen molar-refractivity contribution in [1.29, 1.82) is 0 Å². The molecule has 1 aromatic rings. The van der Waals surface area contributed by atoms with Gasteiger partial charge in [-0.2, -0.15) is 0 Å². The lowest BCUT2D eigenvalue weighted by atomic mass is 9.75. The van der Waals surface area contributed by atoms with Gasteiger partial charge in [-0.3, -0.25) is 10.1 Å². The molecule has 6 nitrogen and oxygen atoms in total. The maximum atomic E-state index is 11.7. The fourth-order valence-corrected chi connectivity index (χ4v) is 3.93. The molecular formula is C19H29BN2O4. The minimum atomic E-state index is -0.562. The molecule has 2 fully saturated rings. The SMILES string of the molecule is CC1(C)OB(c2cc(N)c([N+](=O)[O-])c(C3CCCCCC3)c2)OC1(C)C. The van der Waals surface area contributed by atoms with Crippen LogP contribution in [0.15, 0.2) is 12.1 Å². The number of benzene rings is 1. The molecule has 1 saturated carbocycles. The summed E-state index contributed by atoms with van der Waals surface area (Å²) in [5.74, 6) is 0.169. The van der Waals surface area contributed by atoms with Gasteiger partial charge in [0, 0.05) is 5.56 Å². The number of nitrogens with two attached hydrogens (primary N) is 1. The zero-order chi connectivity index (χ0) is 19.1. The Bertz CT molecular complexity index is 681. The van der Waals surface area contributed by atoms with E-state index < -0.39 is 18.3 Å². The molecule has 142 valence electrons. The van der Waals surface area contributed by atoms with Crippen LogP contribution < -0.4 is 11.2 Å². The summed E-state index contributed by atoms with van der Waals surface area (Å²) in [6, 6.07) is 3.53. The molecule has 0 aromatic heterocycles. The van der Waals surface area contributed by atoms with E-state index in [9.17, 15) is 10.1 Å². The summed E-state index contributed by atoms with van der Waals surface area (Å²) >= 11 is 0. The maximum Gasteiger partial charge on any atom is 0.494 e. The second-order valence-electron chi connectivity index (χ2n) is 8.58. The lowest BCUT2D eigenvalue weighted by Gasteiger charge is -2.32. The molecule has 1 aliphatic heterocycles. The summed E-state index contributed by atoms with van der Waals surface area (Å²) in [5.41, 5.74) is 6.95. The molecule has 1 heterocycles. The normalized spacial score (nSPS) is 23.0. The molecule has 0 unspecified atom stereocenters. The first kappa shape index (κ1) is 19.2. The molecule has 1 aromatic carbocycles. The summed E-state index contributed by atoms with van der Waals surface area (Å²) in [4.78, 5) is 11.3. The van der Waals surface area contributed by atoms with E-state index in [1.54, 1.807) is 6.07 Å². The topological polar surface area (TPSA) is 87.6 Å². The molecular weight excluding hydrogens is 331 g/mol. The Morgan fingerprint density at radius 3 is 2.12 bits per heavy atom. The highest BCUT2D eigenvalue weighted by Crippen LogP contribution is 2.40. The first-order chi connectivity index (χ1) is 12.1. The van der Waals surface area contributed by atoms with Crippen LogP contribution in [0.3, 0.4) is 0 Å². The van der Waals surface area contributed by atoms with E-state index >= 15 is 0 Å². The lowest BCUT2D eigenvalue weighted by Crippen LogP contribution is -2.41. The van der Waals surface area contributed by atoms with Crippen molar-refractivity contribution in [3.05, 3.63) is 27.8 Å². The quantitative estimate of drug-likeness (QED) is 0.290. The molecule has 2 aliphatic rings. The minimum Gasteiger partial charge on any atom is -0.399 e. The Kier molecular flexibility index (Phi) is 5.05. The highest BCUT2D eigenvalue weighted by molar-refractivity contribution is 6.62. The highest BCUT2D eigenvalue weighted by atomic mass is 16.7. The van der Waals surface area contributed by atoms with Gasteiger partial charge in [-0.15, -0.1) is 0 Å². The van der Waals surface area contributed by atoms with E-state index in [4.69, 9.17) is 15.0 Å². The van der Waals surface area contributed by atoms with E-state index in [-0.39, 0.29) is 22.2 Å². The minimum absolute atomic E-state index is 0.0529. The third-order valence-electron chi connectivity index (χ3n) is 6.19. The zero-order valence-corrected chi connectivity index (χ0v) is 16.2. The van der Waals surface area contributed by atoms with E-state index in [2.05, 4.69) is 0 Å². The predicted molar refractivity (Wildman–Crippen MR) is 104 cm³/mol. The number of nitro benzene ring substituents is 1. The van der Waals surface area contributed by atoms with Crippen molar-refractivity contribution in [2.45, 2.75) is 83.3 Å². The van der Waals surface area contributed by atoms with E-state index in [1.165, 1.54) is 12.8 Å². The van der Waals surface area contributed by atoms with Crippen molar-refractivity contribution in [3.63, 3.8) is 0 Å². The van der Waals surface area contributed by atoms with Crippen LogP contribution in [0.1, 0.15) is 77.7 Å². The molecule has 0 radical (unpaired) electrons. The van der Waals surface area contributed by atoms with Crippen LogP contribution in [0, 0.1) is 10.1 Å². The van der Waals surface area contributed by atoms with Crippen LogP contribution >= 0.6 is 0 Å². The number of anilines is 1. The van der Waals surface area contributed by atoms with Gasteiger partial charge in [0.15, 0.2) is 0 Å². The molecule has 3 rings (SSSR count). The fourth-order valence-electron chi connectivity index (χ4n) is 3.93. The third kappa shape index (κ3) is 3.47. The first-order valence-corrected chi connectivity index (χ1v) is 9.56. The van der Waals surface area contributed by atoms with Gasteiger partial charge in [0.1, 0.15) is 5.69 Å². The Hall–Kier alpha value is -1.60. The van der Waals surface area contributed by atoms with E-state index in [0.29, 0.717) is 0 Å². The van der Waals surface area contributed by atoms with Crippen molar-refractivity contribution >= 4 is 24.0 Å². The first-order valence-electron chi connectivity index (χ1n) is 9.56. The average Bonchev–Trinajstić information content (AvgIpc) is 2.73. The number of hydrogen-bond acceptors (Lipinski definition) is 5. The molecule has 7 heteroatoms. The van der Waals surface area contributed by atoms with E-state index in [0.717, 1.165) is 36.7 Å². The van der Waals surface area contributed by atoms with Gasteiger partial charge in [-0.05, 0) is 58.0 Å². The smallest absolute Gasteiger partial charge is 0.399 e. The summed E-state index contributed by atoms with van der Waals surface area (Å²) in [5, 5.41) is 11.7. The van der Waals surface area contributed by atoms with Gasteiger partial charge >= 0.3 is 7.12 Å². The molecule has 1 saturated heterocycles. The van der Waals surface area contributed by atoms with Gasteiger partial charge < -0.3 is 15.0 Å². The molecule has 0 amide bonds. The van der Waals surface area contributed by atoms with E-state index in [1.807, 2.05) is 33.8 Å². The fraction of sp³-hybridized carbons (Fsp3) is 0.684. The number of nitrogens with zero attached hydrogens (tertiary/aromatic N) is 1. The Balaban J connectivity index is 2.02. The van der Waals surface area contributed by atoms with Crippen LogP contribution in [-0.2, 0) is 9.31 Å². The summed E-state index contributed by atoms with van der Waals surface area (Å²) in [7, 11) is -0.562. The van der Waals surface area contributed by atoms with Crippen LogP contribution in [0.2, 0.25) is 0 Å². The molecule has 26 heavy (non-hydrogen) atoms. The lowest BCUT2D eigenvalue weighted by molar-refractivity contribution is -0.384. The standard InChI is InChI=1S/C19H29BN2O4/c1-18(2)19(3,4)26-20(25-18)14-11-15(13-9-7-5-6-8-10-13)17(22(23)24)16(21)12-14/h11-13H,5-10,21H2,1-4H3. The Morgan fingerprint density at radius 1 is 1.08 bits per heavy atom. The zero-order valence-electron chi connectivity index (χ0n) is 16.2. The Morgan fingerprint density at radius 2 is 1.62 bits per heavy atom. The highest BCUT2D eigenvalue weighted by Gasteiger charge is 2.52. The van der Waals surface area contributed by atoms with Gasteiger partial charge in [-0.1, -0.05) is 31.7 Å². The average molecular weight is 360 g/mol. The van der Waals surface area contributed by atoms with Crippen molar-refractivity contribution in [2.75, 3.05) is 5.73 Å². The maximum absolute atomic E-state index is 11.7. The second-order valence-corrected chi connectivity index (χ2v) is 8.58. The number of rotatable bonds is 3. The summed E-state index contributed by atoms with van der Waals surface area (Å²) < 4.78 is 12.2. The van der Waals surface area contributed by atoms with Gasteiger partial charge in [0.05, 0.1) is 16.1 Å². The number of nitrogen functional groups attached to an aromatic ring is 1. The van der Waals surface area contributed by atoms with Crippen LogP contribution in [-0.4, -0.2) is 23.2 Å². The molecule has 0 bridgehead atoms.